The third-order valence-electron chi connectivity index (χ3n) is 3.83. The highest BCUT2D eigenvalue weighted by atomic mass is 14.4. The summed E-state index contributed by atoms with van der Waals surface area (Å²) in [6.45, 7) is 2.12. The van der Waals surface area contributed by atoms with Crippen molar-refractivity contribution in [1.82, 2.24) is 0 Å². The molecule has 0 amide bonds. The summed E-state index contributed by atoms with van der Waals surface area (Å²) in [6, 6.07) is 11.0. The maximum Gasteiger partial charge on any atom is 0.0825 e. The largest absolute Gasteiger partial charge is 0.197 e. The van der Waals surface area contributed by atoms with Gasteiger partial charge in [-0.1, -0.05) is 49.9 Å². The Hall–Kier alpha value is -1.29. The molecular weight excluding hydrogens is 194 g/mol. The smallest absolute Gasteiger partial charge is 0.0825 e. The van der Waals surface area contributed by atoms with Crippen LogP contribution in [0.2, 0.25) is 0 Å². The van der Waals surface area contributed by atoms with Crippen molar-refractivity contribution < 1.29 is 0 Å². The minimum Gasteiger partial charge on any atom is -0.197 e. The first-order chi connectivity index (χ1) is 7.78. The molecule has 2 rings (SSSR count). The fourth-order valence-electron chi connectivity index (χ4n) is 2.88. The van der Waals surface area contributed by atoms with Gasteiger partial charge >= 0.3 is 0 Å². The van der Waals surface area contributed by atoms with Gasteiger partial charge in [0.25, 0.3) is 0 Å². The molecule has 0 N–H and O–H groups in total. The van der Waals surface area contributed by atoms with Gasteiger partial charge in [-0.15, -0.1) is 0 Å². The maximum atomic E-state index is 9.59. The standard InChI is InChI=1S/C15H19N/c1-13-8-4-5-9-14(13)15(12-16)10-6-2-3-7-11-15/h4-5,8-9H,2-3,6-7,10-11H2,1H3. The van der Waals surface area contributed by atoms with E-state index in [-0.39, 0.29) is 5.41 Å². The van der Waals surface area contributed by atoms with Gasteiger partial charge in [0.1, 0.15) is 0 Å². The van der Waals surface area contributed by atoms with Gasteiger partial charge in [-0.25, -0.2) is 0 Å². The molecule has 1 aromatic carbocycles. The van der Waals surface area contributed by atoms with Gasteiger partial charge in [0.2, 0.25) is 0 Å². The van der Waals surface area contributed by atoms with Crippen LogP contribution in [-0.2, 0) is 5.41 Å². The lowest BCUT2D eigenvalue weighted by atomic mass is 9.74. The van der Waals surface area contributed by atoms with E-state index in [1.807, 2.05) is 0 Å². The summed E-state index contributed by atoms with van der Waals surface area (Å²) in [6.07, 6.45) is 7.04. The number of benzene rings is 1. The predicted molar refractivity (Wildman–Crippen MR) is 66.2 cm³/mol. The minimum atomic E-state index is -0.207. The van der Waals surface area contributed by atoms with Crippen molar-refractivity contribution >= 4 is 0 Å². The van der Waals surface area contributed by atoms with E-state index in [9.17, 15) is 5.26 Å². The van der Waals surface area contributed by atoms with Gasteiger partial charge in [0, 0.05) is 0 Å². The fraction of sp³-hybridized carbons (Fsp3) is 0.533. The highest BCUT2D eigenvalue weighted by Crippen LogP contribution is 2.39. The number of rotatable bonds is 1. The zero-order valence-electron chi connectivity index (χ0n) is 10.00. The number of nitriles is 1. The second-order valence-corrected chi connectivity index (χ2v) is 4.92. The van der Waals surface area contributed by atoms with Crippen LogP contribution in [0, 0.1) is 18.3 Å². The first-order valence-corrected chi connectivity index (χ1v) is 6.26. The minimum absolute atomic E-state index is 0.207. The maximum absolute atomic E-state index is 9.59. The molecular formula is C15H19N. The molecule has 1 aromatic rings. The van der Waals surface area contributed by atoms with Crippen molar-refractivity contribution in [2.75, 3.05) is 0 Å². The normalized spacial score (nSPS) is 19.8. The second-order valence-electron chi connectivity index (χ2n) is 4.92. The van der Waals surface area contributed by atoms with Crippen molar-refractivity contribution in [3.8, 4) is 6.07 Å². The molecule has 0 aliphatic heterocycles. The molecule has 1 nitrogen and oxygen atoms in total. The number of hydrogen-bond acceptors (Lipinski definition) is 1. The van der Waals surface area contributed by atoms with Crippen molar-refractivity contribution in [3.63, 3.8) is 0 Å². The Morgan fingerprint density at radius 2 is 1.69 bits per heavy atom. The SMILES string of the molecule is Cc1ccccc1C1(C#N)CCCCCC1. The van der Waals surface area contributed by atoms with Crippen LogP contribution in [0.3, 0.4) is 0 Å². The first kappa shape index (κ1) is 11.2. The Bertz CT molecular complexity index is 392. The van der Waals surface area contributed by atoms with Gasteiger partial charge in [-0.05, 0) is 30.9 Å². The van der Waals surface area contributed by atoms with E-state index in [1.165, 1.54) is 36.8 Å². The van der Waals surface area contributed by atoms with Gasteiger partial charge < -0.3 is 0 Å². The van der Waals surface area contributed by atoms with Crippen LogP contribution >= 0.6 is 0 Å². The molecule has 84 valence electrons. The Morgan fingerprint density at radius 3 is 2.25 bits per heavy atom. The van der Waals surface area contributed by atoms with E-state index in [1.54, 1.807) is 0 Å². The molecule has 0 aromatic heterocycles. The molecule has 16 heavy (non-hydrogen) atoms. The molecule has 0 atom stereocenters. The highest BCUT2D eigenvalue weighted by molar-refractivity contribution is 5.38. The van der Waals surface area contributed by atoms with Gasteiger partial charge in [-0.3, -0.25) is 0 Å². The topological polar surface area (TPSA) is 23.8 Å². The number of aryl methyl sites for hydroxylation is 1. The molecule has 0 unspecified atom stereocenters. The van der Waals surface area contributed by atoms with Gasteiger partial charge in [0.15, 0.2) is 0 Å². The van der Waals surface area contributed by atoms with Crippen LogP contribution in [0.15, 0.2) is 24.3 Å². The summed E-state index contributed by atoms with van der Waals surface area (Å²) in [5.74, 6) is 0. The van der Waals surface area contributed by atoms with Crippen LogP contribution in [0.25, 0.3) is 0 Å². The Balaban J connectivity index is 2.41. The molecule has 1 aliphatic carbocycles. The predicted octanol–water partition coefficient (Wildman–Crippen LogP) is 4.11. The van der Waals surface area contributed by atoms with Crippen molar-refractivity contribution in [3.05, 3.63) is 35.4 Å². The van der Waals surface area contributed by atoms with E-state index in [4.69, 9.17) is 0 Å². The van der Waals surface area contributed by atoms with Crippen LogP contribution in [0.4, 0.5) is 0 Å². The highest BCUT2D eigenvalue weighted by Gasteiger charge is 2.33. The zero-order chi connectivity index (χ0) is 11.4. The molecule has 0 heterocycles. The summed E-state index contributed by atoms with van der Waals surface area (Å²) in [5, 5.41) is 9.59. The Labute approximate surface area is 98.1 Å². The molecule has 0 spiro atoms. The molecule has 0 bridgehead atoms. The van der Waals surface area contributed by atoms with E-state index < -0.39 is 0 Å². The van der Waals surface area contributed by atoms with E-state index in [2.05, 4.69) is 37.3 Å². The van der Waals surface area contributed by atoms with Crippen LogP contribution < -0.4 is 0 Å². The van der Waals surface area contributed by atoms with E-state index in [0.29, 0.717) is 0 Å². The molecule has 0 radical (unpaired) electrons. The third-order valence-corrected chi connectivity index (χ3v) is 3.83. The lowest BCUT2D eigenvalue weighted by Crippen LogP contribution is -2.24. The quantitative estimate of drug-likeness (QED) is 0.644. The Morgan fingerprint density at radius 1 is 1.06 bits per heavy atom. The summed E-state index contributed by atoms with van der Waals surface area (Å²) < 4.78 is 0. The van der Waals surface area contributed by atoms with E-state index in [0.717, 1.165) is 12.8 Å². The molecule has 1 saturated carbocycles. The van der Waals surface area contributed by atoms with Crippen LogP contribution in [0.1, 0.15) is 49.7 Å². The molecule has 1 aliphatic rings. The summed E-state index contributed by atoms with van der Waals surface area (Å²) in [5.41, 5.74) is 2.33. The molecule has 1 heteroatoms. The first-order valence-electron chi connectivity index (χ1n) is 6.26. The molecule has 0 saturated heterocycles. The lowest BCUT2D eigenvalue weighted by molar-refractivity contribution is 0.473. The fourth-order valence-corrected chi connectivity index (χ4v) is 2.88. The summed E-state index contributed by atoms with van der Waals surface area (Å²) in [4.78, 5) is 0. The summed E-state index contributed by atoms with van der Waals surface area (Å²) >= 11 is 0. The number of hydrogen-bond donors (Lipinski definition) is 0. The van der Waals surface area contributed by atoms with Crippen molar-refractivity contribution in [1.29, 1.82) is 5.26 Å². The van der Waals surface area contributed by atoms with Crippen LogP contribution in [0.5, 0.6) is 0 Å². The van der Waals surface area contributed by atoms with Crippen LogP contribution in [-0.4, -0.2) is 0 Å². The second kappa shape index (κ2) is 4.70. The van der Waals surface area contributed by atoms with Gasteiger partial charge in [0.05, 0.1) is 11.5 Å². The van der Waals surface area contributed by atoms with Crippen molar-refractivity contribution in [2.24, 2.45) is 0 Å². The monoisotopic (exact) mass is 213 g/mol. The van der Waals surface area contributed by atoms with Gasteiger partial charge in [-0.2, -0.15) is 5.26 Å². The zero-order valence-corrected chi connectivity index (χ0v) is 10.00. The van der Waals surface area contributed by atoms with Crippen molar-refractivity contribution in [2.45, 2.75) is 50.9 Å². The number of nitrogens with zero attached hydrogens (tertiary/aromatic N) is 1. The lowest BCUT2D eigenvalue weighted by Gasteiger charge is -2.27. The van der Waals surface area contributed by atoms with E-state index >= 15 is 0 Å². The summed E-state index contributed by atoms with van der Waals surface area (Å²) in [7, 11) is 0. The average molecular weight is 213 g/mol. The molecule has 1 fully saturated rings. The third kappa shape index (κ3) is 1.97. The Kier molecular flexibility index (Phi) is 3.29. The average Bonchev–Trinajstić information content (AvgIpc) is 2.56.